The van der Waals surface area contributed by atoms with E-state index in [2.05, 4.69) is 20.8 Å². The quantitative estimate of drug-likeness (QED) is 0.237. The summed E-state index contributed by atoms with van der Waals surface area (Å²) in [6.45, 7) is 7.90. The zero-order valence-corrected chi connectivity index (χ0v) is 20.2. The largest absolute Gasteiger partial charge is 0.864 e. The molecule has 0 aromatic heterocycles. The highest BCUT2D eigenvalue weighted by Crippen LogP contribution is 2.33. The lowest BCUT2D eigenvalue weighted by atomic mass is 10.1. The molecule has 0 aliphatic carbocycles. The van der Waals surface area contributed by atoms with Gasteiger partial charge in [-0.3, -0.25) is 0 Å². The molecule has 7 heteroatoms. The summed E-state index contributed by atoms with van der Waals surface area (Å²) in [4.78, 5) is 0. The molecular weight excluding hydrogens is 431 g/mol. The number of hydrogen-bond donors (Lipinski definition) is 0. The van der Waals surface area contributed by atoms with Crippen LogP contribution in [0.15, 0.2) is 72.8 Å². The molecule has 0 bridgehead atoms. The van der Waals surface area contributed by atoms with Crippen LogP contribution in [0.2, 0.25) is 0 Å². The molecule has 180 valence electrons. The van der Waals surface area contributed by atoms with Gasteiger partial charge >= 0.3 is 7.32 Å². The average Bonchev–Trinajstić information content (AvgIpc) is 2.87. The van der Waals surface area contributed by atoms with Crippen molar-refractivity contribution in [3.05, 3.63) is 72.8 Å². The van der Waals surface area contributed by atoms with Crippen molar-refractivity contribution in [1.82, 2.24) is 0 Å². The van der Waals surface area contributed by atoms with Crippen LogP contribution in [0.5, 0.6) is 34.5 Å². The fourth-order valence-corrected chi connectivity index (χ4v) is 3.02. The molecule has 0 radical (unpaired) electrons. The van der Waals surface area contributed by atoms with Crippen molar-refractivity contribution >= 4 is 7.32 Å². The molecule has 3 aromatic rings. The van der Waals surface area contributed by atoms with Crippen LogP contribution in [0.25, 0.3) is 0 Å². The Labute approximate surface area is 202 Å². The number of rotatable bonds is 15. The molecule has 0 N–H and O–H groups in total. The molecule has 0 aliphatic heterocycles. The van der Waals surface area contributed by atoms with E-state index < -0.39 is 7.32 Å². The van der Waals surface area contributed by atoms with Crippen LogP contribution in [-0.4, -0.2) is 27.1 Å². The Morgan fingerprint density at radius 2 is 0.706 bits per heavy atom. The van der Waals surface area contributed by atoms with Crippen LogP contribution in [0, 0.1) is 0 Å². The average molecular weight is 464 g/mol. The van der Waals surface area contributed by atoms with E-state index in [0.29, 0.717) is 54.3 Å². The van der Waals surface area contributed by atoms with Gasteiger partial charge < -0.3 is 28.2 Å². The van der Waals surface area contributed by atoms with E-state index in [4.69, 9.17) is 28.2 Å². The molecule has 34 heavy (non-hydrogen) atoms. The summed E-state index contributed by atoms with van der Waals surface area (Å²) in [5.74, 6) is 3.40. The Morgan fingerprint density at radius 1 is 0.441 bits per heavy atom. The first-order valence-corrected chi connectivity index (χ1v) is 11.9. The lowest BCUT2D eigenvalue weighted by Gasteiger charge is -2.20. The van der Waals surface area contributed by atoms with Gasteiger partial charge in [0.15, 0.2) is 17.2 Å². The van der Waals surface area contributed by atoms with Gasteiger partial charge in [0.25, 0.3) is 0 Å². The second kappa shape index (κ2) is 13.9. The van der Waals surface area contributed by atoms with Gasteiger partial charge in [0.1, 0.15) is 17.2 Å². The summed E-state index contributed by atoms with van der Waals surface area (Å²) in [6.07, 6.45) is 2.65. The van der Waals surface area contributed by atoms with Gasteiger partial charge in [-0.25, -0.2) is 0 Å². The Morgan fingerprint density at radius 3 is 0.971 bits per heavy atom. The van der Waals surface area contributed by atoms with E-state index in [1.165, 1.54) is 0 Å². The zero-order valence-electron chi connectivity index (χ0n) is 20.2. The van der Waals surface area contributed by atoms with Gasteiger partial charge in [0.2, 0.25) is 0 Å². The molecule has 0 amide bonds. The molecule has 3 rings (SSSR count). The highest BCUT2D eigenvalue weighted by Gasteiger charge is 2.33. The van der Waals surface area contributed by atoms with E-state index in [-0.39, 0.29) is 0 Å². The smallest absolute Gasteiger partial charge is 0.490 e. The number of ether oxygens (including phenoxy) is 3. The van der Waals surface area contributed by atoms with Crippen LogP contribution in [0.3, 0.4) is 0 Å². The summed E-state index contributed by atoms with van der Waals surface area (Å²) in [6, 6.07) is 22.4. The van der Waals surface area contributed by atoms with Crippen molar-refractivity contribution in [2.45, 2.75) is 40.0 Å². The first-order chi connectivity index (χ1) is 16.7. The topological polar surface area (TPSA) is 55.4 Å². The van der Waals surface area contributed by atoms with Gasteiger partial charge in [0, 0.05) is 0 Å². The zero-order chi connectivity index (χ0) is 24.0. The summed E-state index contributed by atoms with van der Waals surface area (Å²) in [5, 5.41) is 0. The van der Waals surface area contributed by atoms with Crippen molar-refractivity contribution in [3.8, 4) is 34.5 Å². The molecule has 0 unspecified atom stereocenters. The molecule has 3 aromatic carbocycles. The summed E-state index contributed by atoms with van der Waals surface area (Å²) >= 11 is 0. The molecule has 0 saturated heterocycles. The summed E-state index contributed by atoms with van der Waals surface area (Å²) in [7, 11) is -1.12. The highest BCUT2D eigenvalue weighted by molar-refractivity contribution is 6.39. The normalized spacial score (nSPS) is 10.3. The maximum atomic E-state index is 6.19. The molecule has 0 spiro atoms. The third-order valence-corrected chi connectivity index (χ3v) is 4.60. The predicted molar refractivity (Wildman–Crippen MR) is 134 cm³/mol. The van der Waals surface area contributed by atoms with Gasteiger partial charge in [-0.05, 0) is 55.7 Å². The Hall–Kier alpha value is -3.48. The molecule has 0 fully saturated rings. The monoisotopic (exact) mass is 464 g/mol. The Bertz CT molecular complexity index is 869. The molecular formula is C27H33BO6. The maximum Gasteiger partial charge on any atom is 0.864 e. The Kier molecular flexibility index (Phi) is 10.3. The Balaban J connectivity index is 1.89. The van der Waals surface area contributed by atoms with Crippen LogP contribution >= 0.6 is 0 Å². The SMILES string of the molecule is CCCOc1ccccc1OB(Oc1ccccc1OCCC)Oc1ccccc1OCCC. The van der Waals surface area contributed by atoms with E-state index in [1.807, 2.05) is 72.8 Å². The van der Waals surface area contributed by atoms with Crippen molar-refractivity contribution < 1.29 is 28.2 Å². The van der Waals surface area contributed by atoms with E-state index in [1.54, 1.807) is 0 Å². The lowest BCUT2D eigenvalue weighted by Crippen LogP contribution is -2.37. The number of para-hydroxylation sites is 6. The van der Waals surface area contributed by atoms with Gasteiger partial charge in [-0.15, -0.1) is 0 Å². The van der Waals surface area contributed by atoms with Crippen LogP contribution in [0.1, 0.15) is 40.0 Å². The first-order valence-electron chi connectivity index (χ1n) is 11.9. The van der Waals surface area contributed by atoms with Gasteiger partial charge in [-0.1, -0.05) is 57.2 Å². The second-order valence-corrected chi connectivity index (χ2v) is 7.53. The number of benzene rings is 3. The van der Waals surface area contributed by atoms with Crippen LogP contribution in [0.4, 0.5) is 0 Å². The fourth-order valence-electron chi connectivity index (χ4n) is 3.02. The summed E-state index contributed by atoms with van der Waals surface area (Å²) in [5.41, 5.74) is 0. The molecule has 0 heterocycles. The third kappa shape index (κ3) is 7.54. The molecule has 0 atom stereocenters. The van der Waals surface area contributed by atoms with E-state index >= 15 is 0 Å². The minimum Gasteiger partial charge on any atom is -0.490 e. The van der Waals surface area contributed by atoms with Gasteiger partial charge in [-0.2, -0.15) is 0 Å². The second-order valence-electron chi connectivity index (χ2n) is 7.53. The van der Waals surface area contributed by atoms with Crippen LogP contribution < -0.4 is 28.2 Å². The van der Waals surface area contributed by atoms with E-state index in [0.717, 1.165) is 19.3 Å². The minimum atomic E-state index is -1.12. The molecule has 0 aliphatic rings. The predicted octanol–water partition coefficient (Wildman–Crippen LogP) is 6.57. The third-order valence-electron chi connectivity index (χ3n) is 4.60. The first kappa shape index (κ1) is 25.2. The standard InChI is InChI=1S/C27H33BO6/c1-4-19-29-22-13-7-10-16-25(22)32-28(33-26-17-11-8-14-23(26)30-20-5-2)34-27-18-12-9-15-24(27)31-21-6-3/h7-18H,4-6,19-21H2,1-3H3. The number of hydrogen-bond acceptors (Lipinski definition) is 6. The minimum absolute atomic E-state index is 0.514. The van der Waals surface area contributed by atoms with Crippen molar-refractivity contribution in [1.29, 1.82) is 0 Å². The van der Waals surface area contributed by atoms with Crippen LogP contribution in [-0.2, 0) is 0 Å². The van der Waals surface area contributed by atoms with Gasteiger partial charge in [0.05, 0.1) is 19.8 Å². The highest BCUT2D eigenvalue weighted by atomic mass is 16.7. The van der Waals surface area contributed by atoms with Crippen molar-refractivity contribution in [3.63, 3.8) is 0 Å². The fraction of sp³-hybridized carbons (Fsp3) is 0.333. The molecule has 6 nitrogen and oxygen atoms in total. The van der Waals surface area contributed by atoms with Crippen molar-refractivity contribution in [2.75, 3.05) is 19.8 Å². The molecule has 0 saturated carbocycles. The summed E-state index contributed by atoms with van der Waals surface area (Å²) < 4.78 is 36.1. The maximum absolute atomic E-state index is 6.19. The van der Waals surface area contributed by atoms with E-state index in [9.17, 15) is 0 Å². The lowest BCUT2D eigenvalue weighted by molar-refractivity contribution is 0.257. The van der Waals surface area contributed by atoms with Crippen molar-refractivity contribution in [2.24, 2.45) is 0 Å².